The maximum Gasteiger partial charge on any atom is 0.252 e. The summed E-state index contributed by atoms with van der Waals surface area (Å²) in [6.45, 7) is 34.0. The molecular weight excluding hydrogens is 1260 g/mol. The van der Waals surface area contributed by atoms with Crippen LogP contribution in [0, 0.1) is 0 Å². The van der Waals surface area contributed by atoms with E-state index in [1.165, 1.54) is 33.0 Å². The third-order valence-corrected chi connectivity index (χ3v) is 22.1. The molecular formula is C98H89BN4O. The molecule has 13 aromatic carbocycles. The Hall–Kier alpha value is -11.1. The van der Waals surface area contributed by atoms with E-state index in [1.807, 2.05) is 12.1 Å². The van der Waals surface area contributed by atoms with Gasteiger partial charge in [-0.1, -0.05) is 280 Å². The monoisotopic (exact) mass is 1360 g/mol. The van der Waals surface area contributed by atoms with Crippen molar-refractivity contribution >= 4 is 123 Å². The Morgan fingerprint density at radius 3 is 1.34 bits per heavy atom. The standard InChI is InChI=1S/C98H89BN4O/c1-94(2,3)64-34-26-33-62(51-64)63-43-48-84-79(52-63)99-78-47-46-69(100-82-49-44-65(95(4,5)6)53-76(82)77-54-66(96(7,8)9)45-50-83(77)100)59-87(78)103(91-74(60-29-18-16-19-30-60)55-67(97(10,11)12)56-75(91)61-31-20-17-21-32-61)89-58-68(98(13,14)15)57-88(90(89)99)102(84)86-42-28-38-73-72-37-27-41-85(92(72)104-93(73)86)101-80-39-24-22-35-70(80)71-36-23-25-40-81(71)101/h16-59H,1-15H3/i22D,23D,24D,25D,35D,36D,39D,40D. The molecule has 510 valence electrons. The number of rotatable bonds is 7. The number of para-hydroxylation sites is 4. The SMILES string of the molecule is [2H]c1c([2H])c([2H])c2c(c1[2H])c1c([2H])c([2H])c([2H])c([2H])c1n2-c1cccc2c1oc1c(N3c4ccc(-c5cccc(C(C)(C)C)c5)cc4B4c5ccc(-n6c7ccc(C(C)(C)C)cc7c7cc(C(C)(C)C)ccc76)cc5N(c5c(-c6ccccc6)cc(C(C)(C)C)cc5-c5ccccc5)c5cc(C(C)(C)C)cc3c54)cccc12. The van der Waals surface area contributed by atoms with E-state index in [2.05, 4.69) is 318 Å². The van der Waals surface area contributed by atoms with Crippen LogP contribution in [0.1, 0.15) is 143 Å². The molecule has 0 fully saturated rings. The van der Waals surface area contributed by atoms with Crippen molar-refractivity contribution in [2.45, 2.75) is 131 Å². The predicted molar refractivity (Wildman–Crippen MR) is 446 cm³/mol. The van der Waals surface area contributed by atoms with Crippen molar-refractivity contribution in [3.05, 3.63) is 295 Å². The molecule has 0 radical (unpaired) electrons. The summed E-state index contributed by atoms with van der Waals surface area (Å²) in [4.78, 5) is 5.05. The zero-order chi connectivity index (χ0) is 78.8. The second-order valence-electron chi connectivity index (χ2n) is 34.0. The number of aromatic nitrogens is 2. The Morgan fingerprint density at radius 2 is 0.779 bits per heavy atom. The lowest BCUT2D eigenvalue weighted by molar-refractivity contribution is 0.590. The largest absolute Gasteiger partial charge is 0.452 e. The van der Waals surface area contributed by atoms with Crippen molar-refractivity contribution in [2.75, 3.05) is 9.80 Å². The van der Waals surface area contributed by atoms with Gasteiger partial charge in [0.2, 0.25) is 0 Å². The predicted octanol–water partition coefficient (Wildman–Crippen LogP) is 25.4. The lowest BCUT2D eigenvalue weighted by atomic mass is 9.33. The second kappa shape index (κ2) is 23.2. The molecule has 2 aliphatic heterocycles. The van der Waals surface area contributed by atoms with Gasteiger partial charge in [-0.25, -0.2) is 0 Å². The van der Waals surface area contributed by atoms with Crippen LogP contribution >= 0.6 is 0 Å². The van der Waals surface area contributed by atoms with Crippen LogP contribution in [0.4, 0.5) is 34.1 Å². The van der Waals surface area contributed by atoms with Gasteiger partial charge in [0, 0.05) is 71.9 Å². The van der Waals surface area contributed by atoms with E-state index in [9.17, 15) is 5.48 Å². The van der Waals surface area contributed by atoms with Gasteiger partial charge in [-0.2, -0.15) is 0 Å². The highest BCUT2D eigenvalue weighted by Gasteiger charge is 2.46. The number of anilines is 6. The Morgan fingerprint density at radius 1 is 0.298 bits per heavy atom. The molecule has 104 heavy (non-hydrogen) atoms. The molecule has 0 saturated heterocycles. The van der Waals surface area contributed by atoms with Crippen LogP contribution in [0.25, 0.3) is 110 Å². The highest BCUT2D eigenvalue weighted by molar-refractivity contribution is 7.00. The van der Waals surface area contributed by atoms with Crippen LogP contribution < -0.4 is 26.2 Å². The molecule has 0 unspecified atom stereocenters. The van der Waals surface area contributed by atoms with E-state index < -0.39 is 41.7 Å². The molecule has 5 nitrogen and oxygen atoms in total. The van der Waals surface area contributed by atoms with Crippen LogP contribution in [0.5, 0.6) is 0 Å². The highest BCUT2D eigenvalue weighted by atomic mass is 16.3. The smallest absolute Gasteiger partial charge is 0.252 e. The van der Waals surface area contributed by atoms with Crippen molar-refractivity contribution in [1.82, 2.24) is 9.13 Å². The normalized spacial score (nSPS) is 14.5. The van der Waals surface area contributed by atoms with Gasteiger partial charge in [0.05, 0.1) is 50.1 Å². The van der Waals surface area contributed by atoms with Crippen molar-refractivity contribution < 1.29 is 15.4 Å². The lowest BCUT2D eigenvalue weighted by Crippen LogP contribution is -2.61. The minimum Gasteiger partial charge on any atom is -0.452 e. The second-order valence-corrected chi connectivity index (χ2v) is 34.0. The molecule has 16 aromatic rings. The molecule has 3 aromatic heterocycles. The first-order valence-electron chi connectivity index (χ1n) is 40.6. The van der Waals surface area contributed by atoms with Gasteiger partial charge >= 0.3 is 0 Å². The minimum absolute atomic E-state index is 0.00540. The van der Waals surface area contributed by atoms with Gasteiger partial charge in [0.25, 0.3) is 6.71 Å². The molecule has 0 aliphatic carbocycles. The summed E-state index contributed by atoms with van der Waals surface area (Å²) >= 11 is 0. The Balaban J connectivity index is 0.990. The Labute approximate surface area is 624 Å². The first-order chi connectivity index (χ1) is 53.1. The van der Waals surface area contributed by atoms with Crippen molar-refractivity contribution in [1.29, 1.82) is 0 Å². The van der Waals surface area contributed by atoms with E-state index in [0.717, 1.165) is 112 Å². The van der Waals surface area contributed by atoms with Gasteiger partial charge in [-0.3, -0.25) is 0 Å². The van der Waals surface area contributed by atoms with Crippen LogP contribution in [0.3, 0.4) is 0 Å². The summed E-state index contributed by atoms with van der Waals surface area (Å²) in [6.07, 6.45) is 0. The minimum atomic E-state index is -0.505. The average Bonchev–Trinajstić information content (AvgIpc) is 1.17. The third kappa shape index (κ3) is 10.3. The van der Waals surface area contributed by atoms with Crippen LogP contribution in [-0.4, -0.2) is 15.8 Å². The van der Waals surface area contributed by atoms with Crippen molar-refractivity contribution in [2.24, 2.45) is 0 Å². The quantitative estimate of drug-likeness (QED) is 0.149. The topological polar surface area (TPSA) is 29.5 Å². The molecule has 18 rings (SSSR count). The van der Waals surface area contributed by atoms with Gasteiger partial charge in [-0.15, -0.1) is 0 Å². The average molecular weight is 1360 g/mol. The van der Waals surface area contributed by atoms with Gasteiger partial charge < -0.3 is 23.4 Å². The number of benzene rings is 13. The summed E-state index contributed by atoms with van der Waals surface area (Å²) in [5.74, 6) is 0. The maximum atomic E-state index is 9.58. The first-order valence-corrected chi connectivity index (χ1v) is 36.6. The zero-order valence-corrected chi connectivity index (χ0v) is 62.1. The number of hydrogen-bond acceptors (Lipinski definition) is 3. The number of furan rings is 1. The molecule has 0 atom stereocenters. The molecule has 5 heterocycles. The molecule has 6 heteroatoms. The number of hydrogen-bond donors (Lipinski definition) is 0. The summed E-state index contributed by atoms with van der Waals surface area (Å²) in [7, 11) is 0. The fraction of sp³-hybridized carbons (Fsp3) is 0.204. The van der Waals surface area contributed by atoms with E-state index >= 15 is 0 Å². The van der Waals surface area contributed by atoms with Gasteiger partial charge in [0.15, 0.2) is 11.2 Å². The third-order valence-electron chi connectivity index (χ3n) is 22.1. The Kier molecular flexibility index (Phi) is 12.6. The van der Waals surface area contributed by atoms with Crippen LogP contribution in [0.2, 0.25) is 0 Å². The van der Waals surface area contributed by atoms with Gasteiger partial charge in [-0.05, 0) is 184 Å². The molecule has 0 N–H and O–H groups in total. The van der Waals surface area contributed by atoms with Crippen molar-refractivity contribution in [3.8, 4) is 44.8 Å². The van der Waals surface area contributed by atoms with E-state index in [-0.39, 0.29) is 62.3 Å². The molecule has 2 aliphatic rings. The number of nitrogens with zero attached hydrogens (tertiary/aromatic N) is 4. The maximum absolute atomic E-state index is 9.58. The zero-order valence-electron chi connectivity index (χ0n) is 70.1. The lowest BCUT2D eigenvalue weighted by Gasteiger charge is -2.46. The van der Waals surface area contributed by atoms with Crippen LogP contribution in [0.15, 0.2) is 271 Å². The van der Waals surface area contributed by atoms with E-state index in [4.69, 9.17) is 9.90 Å². The molecule has 0 amide bonds. The summed E-state index contributed by atoms with van der Waals surface area (Å²) < 4.78 is 85.5. The van der Waals surface area contributed by atoms with Crippen molar-refractivity contribution in [3.63, 3.8) is 0 Å². The summed E-state index contributed by atoms with van der Waals surface area (Å²) in [6, 6.07) is 77.4. The van der Waals surface area contributed by atoms with Crippen LogP contribution in [-0.2, 0) is 27.1 Å². The highest BCUT2D eigenvalue weighted by Crippen LogP contribution is 2.55. The fourth-order valence-electron chi connectivity index (χ4n) is 16.4. The summed E-state index contributed by atoms with van der Waals surface area (Å²) in [5, 5.41) is 3.88. The molecule has 0 saturated carbocycles. The molecule has 0 spiro atoms. The van der Waals surface area contributed by atoms with E-state index in [0.29, 0.717) is 22.2 Å². The van der Waals surface area contributed by atoms with Gasteiger partial charge in [0.1, 0.15) is 0 Å². The fourth-order valence-corrected chi connectivity index (χ4v) is 16.4. The summed E-state index contributed by atoms with van der Waals surface area (Å²) in [5.41, 5.74) is 25.2. The first kappa shape index (κ1) is 56.5. The molecule has 0 bridgehead atoms. The number of fused-ring (bicyclic) bond motifs is 13. The van der Waals surface area contributed by atoms with E-state index in [1.54, 1.807) is 10.6 Å². The Bertz CT molecular complexity index is 6500.